The molecule has 2 aromatic carbocycles. The van der Waals surface area contributed by atoms with Gasteiger partial charge in [0.15, 0.2) is 0 Å². The van der Waals surface area contributed by atoms with Gasteiger partial charge in [-0.05, 0) is 23.8 Å². The van der Waals surface area contributed by atoms with Crippen molar-refractivity contribution in [3.05, 3.63) is 99.8 Å². The Morgan fingerprint density at radius 3 is 2.60 bits per heavy atom. The van der Waals surface area contributed by atoms with Crippen LogP contribution in [0, 0.1) is 0 Å². The number of hydrogen-bond donors (Lipinski definition) is 1. The van der Waals surface area contributed by atoms with Crippen LogP contribution < -0.4 is 10.3 Å². The summed E-state index contributed by atoms with van der Waals surface area (Å²) in [6.07, 6.45) is 0.0819. The fraction of sp³-hybridized carbons (Fsp3) is 0.174. The van der Waals surface area contributed by atoms with Crippen molar-refractivity contribution in [2.24, 2.45) is 0 Å². The van der Waals surface area contributed by atoms with Gasteiger partial charge in [0.05, 0.1) is 18.8 Å². The van der Waals surface area contributed by atoms with Crippen LogP contribution in [-0.4, -0.2) is 21.7 Å². The molecular formula is C23H19N3O4. The van der Waals surface area contributed by atoms with E-state index in [1.807, 2.05) is 60.7 Å². The van der Waals surface area contributed by atoms with Gasteiger partial charge in [-0.3, -0.25) is 4.79 Å². The summed E-state index contributed by atoms with van der Waals surface area (Å²) in [5.41, 5.74) is 2.80. The van der Waals surface area contributed by atoms with Gasteiger partial charge in [-0.1, -0.05) is 53.7 Å². The molecule has 3 heterocycles. The molecule has 0 bridgehead atoms. The third kappa shape index (κ3) is 3.62. The van der Waals surface area contributed by atoms with E-state index < -0.39 is 6.10 Å². The zero-order valence-corrected chi connectivity index (χ0v) is 16.1. The first-order valence-electron chi connectivity index (χ1n) is 9.71. The molecule has 7 heteroatoms. The van der Waals surface area contributed by atoms with Crippen LogP contribution in [0.5, 0.6) is 5.75 Å². The molecule has 1 N–H and O–H groups in total. The first-order chi connectivity index (χ1) is 14.8. The molecule has 30 heavy (non-hydrogen) atoms. The second-order valence-corrected chi connectivity index (χ2v) is 7.00. The standard InChI is InChI=1S/C23H19N3O4/c27-22-18(13-16-14-28-12-11-19(16)24-22)21-25-23(30-26-21)20(15-7-3-1-4-8-15)29-17-9-5-2-6-10-17/h1-10,13,20H,11-12,14H2,(H,24,27). The molecule has 7 nitrogen and oxygen atoms in total. The number of nitrogens with zero attached hydrogens (tertiary/aromatic N) is 2. The molecule has 0 amide bonds. The Bertz CT molecular complexity index is 1200. The topological polar surface area (TPSA) is 90.2 Å². The number of H-pyrrole nitrogens is 1. The van der Waals surface area contributed by atoms with Crippen LogP contribution in [-0.2, 0) is 17.8 Å². The molecule has 0 radical (unpaired) electrons. The zero-order chi connectivity index (χ0) is 20.3. The van der Waals surface area contributed by atoms with E-state index in [0.29, 0.717) is 30.9 Å². The SMILES string of the molecule is O=c1[nH]c2c(cc1-c1noc(C(Oc3ccccc3)c3ccccc3)n1)COCC2. The summed E-state index contributed by atoms with van der Waals surface area (Å²) in [6, 6.07) is 20.8. The molecular weight excluding hydrogens is 382 g/mol. The Morgan fingerprint density at radius 2 is 1.80 bits per heavy atom. The lowest BCUT2D eigenvalue weighted by atomic mass is 10.1. The van der Waals surface area contributed by atoms with Crippen LogP contribution in [0.3, 0.4) is 0 Å². The highest BCUT2D eigenvalue weighted by Gasteiger charge is 2.25. The van der Waals surface area contributed by atoms with Gasteiger partial charge in [-0.25, -0.2) is 0 Å². The molecule has 0 saturated heterocycles. The van der Waals surface area contributed by atoms with Crippen molar-refractivity contribution in [3.8, 4) is 17.1 Å². The van der Waals surface area contributed by atoms with Crippen molar-refractivity contribution in [1.82, 2.24) is 15.1 Å². The minimum Gasteiger partial charge on any atom is -0.476 e. The average Bonchev–Trinajstić information content (AvgIpc) is 3.28. The number of aromatic nitrogens is 3. The van der Waals surface area contributed by atoms with Crippen molar-refractivity contribution < 1.29 is 14.0 Å². The highest BCUT2D eigenvalue weighted by atomic mass is 16.5. The van der Waals surface area contributed by atoms with Crippen LogP contribution in [0.25, 0.3) is 11.4 Å². The first kappa shape index (κ1) is 18.3. The minimum atomic E-state index is -0.602. The predicted octanol–water partition coefficient (Wildman–Crippen LogP) is 3.67. The van der Waals surface area contributed by atoms with Gasteiger partial charge in [0, 0.05) is 17.7 Å². The molecule has 1 unspecified atom stereocenters. The summed E-state index contributed by atoms with van der Waals surface area (Å²) in [6.45, 7) is 1.05. The van der Waals surface area contributed by atoms with Crippen LogP contribution in [0.1, 0.15) is 28.8 Å². The second-order valence-electron chi connectivity index (χ2n) is 7.00. The molecule has 150 valence electrons. The molecule has 1 aliphatic rings. The average molecular weight is 401 g/mol. The molecule has 4 aromatic rings. The van der Waals surface area contributed by atoms with Crippen molar-refractivity contribution in [1.29, 1.82) is 0 Å². The first-order valence-corrected chi connectivity index (χ1v) is 9.71. The van der Waals surface area contributed by atoms with Gasteiger partial charge >= 0.3 is 0 Å². The maximum atomic E-state index is 12.6. The lowest BCUT2D eigenvalue weighted by Crippen LogP contribution is -2.20. The second kappa shape index (κ2) is 7.96. The zero-order valence-electron chi connectivity index (χ0n) is 16.1. The number of fused-ring (bicyclic) bond motifs is 1. The number of para-hydroxylation sites is 1. The minimum absolute atomic E-state index is 0.220. The maximum absolute atomic E-state index is 12.6. The summed E-state index contributed by atoms with van der Waals surface area (Å²) >= 11 is 0. The van der Waals surface area contributed by atoms with Gasteiger partial charge in [-0.2, -0.15) is 4.98 Å². The quantitative estimate of drug-likeness (QED) is 0.549. The molecule has 0 saturated carbocycles. The summed E-state index contributed by atoms with van der Waals surface area (Å²) in [4.78, 5) is 20.0. The van der Waals surface area contributed by atoms with Gasteiger partial charge in [0.25, 0.3) is 11.4 Å². The van der Waals surface area contributed by atoms with Crippen LogP contribution in [0.2, 0.25) is 0 Å². The van der Waals surface area contributed by atoms with E-state index in [-0.39, 0.29) is 17.3 Å². The molecule has 1 atom stereocenters. The van der Waals surface area contributed by atoms with Crippen LogP contribution in [0.15, 0.2) is 76.0 Å². The van der Waals surface area contributed by atoms with E-state index >= 15 is 0 Å². The molecule has 0 aliphatic carbocycles. The Kier molecular flexibility index (Phi) is 4.86. The van der Waals surface area contributed by atoms with Gasteiger partial charge in [0.1, 0.15) is 5.75 Å². The smallest absolute Gasteiger partial charge is 0.272 e. The van der Waals surface area contributed by atoms with Crippen molar-refractivity contribution in [2.45, 2.75) is 19.1 Å². The number of aromatic amines is 1. The Morgan fingerprint density at radius 1 is 1.03 bits per heavy atom. The lowest BCUT2D eigenvalue weighted by Gasteiger charge is -2.16. The van der Waals surface area contributed by atoms with E-state index in [0.717, 1.165) is 16.8 Å². The number of rotatable bonds is 5. The van der Waals surface area contributed by atoms with Gasteiger partial charge in [0.2, 0.25) is 11.9 Å². The fourth-order valence-electron chi connectivity index (χ4n) is 3.46. The predicted molar refractivity (Wildman–Crippen MR) is 109 cm³/mol. The third-order valence-corrected chi connectivity index (χ3v) is 4.98. The molecule has 0 fully saturated rings. The van der Waals surface area contributed by atoms with E-state index in [9.17, 15) is 4.79 Å². The highest BCUT2D eigenvalue weighted by molar-refractivity contribution is 5.55. The maximum Gasteiger partial charge on any atom is 0.272 e. The molecule has 5 rings (SSSR count). The van der Waals surface area contributed by atoms with Crippen molar-refractivity contribution in [2.75, 3.05) is 6.61 Å². The summed E-state index contributed by atoms with van der Waals surface area (Å²) in [7, 11) is 0. The monoisotopic (exact) mass is 401 g/mol. The summed E-state index contributed by atoms with van der Waals surface area (Å²) in [5.74, 6) is 1.17. The number of pyridine rings is 1. The number of hydrogen-bond acceptors (Lipinski definition) is 6. The fourth-order valence-corrected chi connectivity index (χ4v) is 3.46. The summed E-state index contributed by atoms with van der Waals surface area (Å²) < 4.78 is 17.2. The largest absolute Gasteiger partial charge is 0.476 e. The van der Waals surface area contributed by atoms with Gasteiger partial charge < -0.3 is 19.0 Å². The Balaban J connectivity index is 1.52. The van der Waals surface area contributed by atoms with Crippen LogP contribution >= 0.6 is 0 Å². The number of benzene rings is 2. The molecule has 2 aromatic heterocycles. The van der Waals surface area contributed by atoms with Crippen molar-refractivity contribution in [3.63, 3.8) is 0 Å². The summed E-state index contributed by atoms with van der Waals surface area (Å²) in [5, 5.41) is 4.06. The Labute approximate surface area is 172 Å². The normalized spacial score (nSPS) is 14.1. The van der Waals surface area contributed by atoms with E-state index in [2.05, 4.69) is 15.1 Å². The molecule has 0 spiro atoms. The van der Waals surface area contributed by atoms with E-state index in [1.54, 1.807) is 6.07 Å². The lowest BCUT2D eigenvalue weighted by molar-refractivity contribution is 0.109. The van der Waals surface area contributed by atoms with Gasteiger partial charge in [-0.15, -0.1) is 0 Å². The van der Waals surface area contributed by atoms with E-state index in [4.69, 9.17) is 14.0 Å². The number of nitrogens with one attached hydrogen (secondary N) is 1. The number of ether oxygens (including phenoxy) is 2. The Hall–Kier alpha value is -3.71. The van der Waals surface area contributed by atoms with Crippen molar-refractivity contribution >= 4 is 0 Å². The van der Waals surface area contributed by atoms with E-state index in [1.165, 1.54) is 0 Å². The highest BCUT2D eigenvalue weighted by Crippen LogP contribution is 2.29. The van der Waals surface area contributed by atoms with Crippen LogP contribution in [0.4, 0.5) is 0 Å². The molecule has 1 aliphatic heterocycles. The third-order valence-electron chi connectivity index (χ3n) is 4.98.